The summed E-state index contributed by atoms with van der Waals surface area (Å²) in [4.78, 5) is 0.891. The maximum absolute atomic E-state index is 13.1. The summed E-state index contributed by atoms with van der Waals surface area (Å²) >= 11 is 1.27. The fourth-order valence-corrected chi connectivity index (χ4v) is 2.76. The zero-order chi connectivity index (χ0) is 13.4. The van der Waals surface area contributed by atoms with Crippen molar-refractivity contribution in [2.24, 2.45) is 5.73 Å². The molecule has 4 nitrogen and oxygen atoms in total. The van der Waals surface area contributed by atoms with Gasteiger partial charge in [0.05, 0.1) is 10.6 Å². The summed E-state index contributed by atoms with van der Waals surface area (Å²) in [5.74, 6) is 0.309. The number of furan rings is 1. The van der Waals surface area contributed by atoms with E-state index in [0.29, 0.717) is 16.7 Å². The third kappa shape index (κ3) is 2.13. The molecule has 0 aliphatic rings. The Hall–Kier alpha value is -1.79. The van der Waals surface area contributed by atoms with Gasteiger partial charge in [-0.3, -0.25) is 0 Å². The van der Waals surface area contributed by atoms with Crippen LogP contribution in [0.15, 0.2) is 28.7 Å². The van der Waals surface area contributed by atoms with E-state index in [0.717, 1.165) is 17.0 Å². The van der Waals surface area contributed by atoms with Crippen LogP contribution in [0.4, 0.5) is 4.39 Å². The van der Waals surface area contributed by atoms with Gasteiger partial charge >= 0.3 is 0 Å². The third-order valence-electron chi connectivity index (χ3n) is 3.01. The maximum Gasteiger partial charge on any atom is 0.134 e. The molecule has 0 saturated heterocycles. The minimum Gasteiger partial charge on any atom is -0.459 e. The summed E-state index contributed by atoms with van der Waals surface area (Å²) in [6, 6.07) is 5.76. The monoisotopic (exact) mass is 277 g/mol. The Morgan fingerprint density at radius 1 is 1.42 bits per heavy atom. The van der Waals surface area contributed by atoms with E-state index in [-0.39, 0.29) is 5.82 Å². The average Bonchev–Trinajstić information content (AvgIpc) is 3.03. The molecule has 0 saturated carbocycles. The highest BCUT2D eigenvalue weighted by molar-refractivity contribution is 7.05. The molecule has 1 unspecified atom stereocenters. The standard InChI is InChI=1S/C13H12FN3OS/c1-2-9-13(19-17-16-9)12(15)11-6-7-5-8(14)3-4-10(7)18-11/h3-6,12H,2,15H2,1H3. The van der Waals surface area contributed by atoms with Gasteiger partial charge < -0.3 is 10.2 Å². The van der Waals surface area contributed by atoms with Gasteiger partial charge in [-0.2, -0.15) is 0 Å². The van der Waals surface area contributed by atoms with E-state index in [2.05, 4.69) is 9.59 Å². The predicted molar refractivity (Wildman–Crippen MR) is 71.5 cm³/mol. The van der Waals surface area contributed by atoms with E-state index in [1.807, 2.05) is 6.92 Å². The molecule has 2 N–H and O–H groups in total. The first-order valence-electron chi connectivity index (χ1n) is 5.94. The highest BCUT2D eigenvalue weighted by atomic mass is 32.1. The fourth-order valence-electron chi connectivity index (χ4n) is 2.01. The molecule has 2 aromatic heterocycles. The lowest BCUT2D eigenvalue weighted by Gasteiger charge is -2.06. The summed E-state index contributed by atoms with van der Waals surface area (Å²) < 4.78 is 22.7. The Kier molecular flexibility index (Phi) is 3.04. The molecule has 0 fully saturated rings. The first-order valence-corrected chi connectivity index (χ1v) is 6.72. The number of nitrogens with two attached hydrogens (primary N) is 1. The highest BCUT2D eigenvalue weighted by Crippen LogP contribution is 2.30. The second-order valence-electron chi connectivity index (χ2n) is 4.25. The van der Waals surface area contributed by atoms with E-state index >= 15 is 0 Å². The lowest BCUT2D eigenvalue weighted by molar-refractivity contribution is 0.525. The Bertz CT molecular complexity index is 722. The van der Waals surface area contributed by atoms with Crippen LogP contribution in [0.5, 0.6) is 0 Å². The van der Waals surface area contributed by atoms with Crippen molar-refractivity contribution in [3.63, 3.8) is 0 Å². The number of aromatic nitrogens is 2. The maximum atomic E-state index is 13.1. The van der Waals surface area contributed by atoms with Gasteiger partial charge in [0.25, 0.3) is 0 Å². The van der Waals surface area contributed by atoms with Crippen LogP contribution in [0, 0.1) is 5.82 Å². The van der Waals surface area contributed by atoms with Gasteiger partial charge in [-0.15, -0.1) is 5.10 Å². The fraction of sp³-hybridized carbons (Fsp3) is 0.231. The highest BCUT2D eigenvalue weighted by Gasteiger charge is 2.20. The lowest BCUT2D eigenvalue weighted by Crippen LogP contribution is -2.11. The molecule has 3 aromatic rings. The summed E-state index contributed by atoms with van der Waals surface area (Å²) in [6.07, 6.45) is 0.772. The van der Waals surface area contributed by atoms with Crippen LogP contribution in [0.3, 0.4) is 0 Å². The Balaban J connectivity index is 2.04. The van der Waals surface area contributed by atoms with E-state index < -0.39 is 6.04 Å². The Labute approximate surface area is 113 Å². The zero-order valence-electron chi connectivity index (χ0n) is 10.3. The molecule has 19 heavy (non-hydrogen) atoms. The number of fused-ring (bicyclic) bond motifs is 1. The molecule has 0 spiro atoms. The molecule has 1 atom stereocenters. The molecule has 1 aromatic carbocycles. The quantitative estimate of drug-likeness (QED) is 0.799. The van der Waals surface area contributed by atoms with E-state index in [1.54, 1.807) is 12.1 Å². The van der Waals surface area contributed by atoms with Gasteiger partial charge in [-0.1, -0.05) is 11.4 Å². The topological polar surface area (TPSA) is 64.9 Å². The van der Waals surface area contributed by atoms with Gasteiger partial charge in [0.1, 0.15) is 23.2 Å². The van der Waals surface area contributed by atoms with Crippen LogP contribution in [-0.4, -0.2) is 9.59 Å². The van der Waals surface area contributed by atoms with E-state index in [9.17, 15) is 4.39 Å². The van der Waals surface area contributed by atoms with Crippen molar-refractivity contribution in [1.82, 2.24) is 9.59 Å². The number of hydrogen-bond donors (Lipinski definition) is 1. The molecule has 0 aliphatic carbocycles. The number of nitrogens with zero attached hydrogens (tertiary/aromatic N) is 2. The van der Waals surface area contributed by atoms with Crippen molar-refractivity contribution in [3.05, 3.63) is 46.4 Å². The molecule has 98 valence electrons. The molecular weight excluding hydrogens is 265 g/mol. The molecule has 2 heterocycles. The van der Waals surface area contributed by atoms with E-state index in [1.165, 1.54) is 23.7 Å². The minimum absolute atomic E-state index is 0.290. The molecule has 6 heteroatoms. The second kappa shape index (κ2) is 4.71. The van der Waals surface area contributed by atoms with Crippen molar-refractivity contribution in [2.45, 2.75) is 19.4 Å². The smallest absolute Gasteiger partial charge is 0.134 e. The average molecular weight is 277 g/mol. The van der Waals surface area contributed by atoms with Gasteiger partial charge in [-0.05, 0) is 42.2 Å². The zero-order valence-corrected chi connectivity index (χ0v) is 11.1. The molecule has 0 radical (unpaired) electrons. The lowest BCUT2D eigenvalue weighted by atomic mass is 10.1. The van der Waals surface area contributed by atoms with Gasteiger partial charge in [0.15, 0.2) is 0 Å². The van der Waals surface area contributed by atoms with Gasteiger partial charge in [-0.25, -0.2) is 4.39 Å². The van der Waals surface area contributed by atoms with E-state index in [4.69, 9.17) is 10.2 Å². The first kappa shape index (κ1) is 12.3. The van der Waals surface area contributed by atoms with Gasteiger partial charge in [0, 0.05) is 5.39 Å². The number of rotatable bonds is 3. The molecule has 0 amide bonds. The van der Waals surface area contributed by atoms with Gasteiger partial charge in [0.2, 0.25) is 0 Å². The number of hydrogen-bond acceptors (Lipinski definition) is 5. The SMILES string of the molecule is CCc1nnsc1C(N)c1cc2cc(F)ccc2o1. The summed E-state index contributed by atoms with van der Waals surface area (Å²) in [7, 11) is 0. The molecule has 0 bridgehead atoms. The van der Waals surface area contributed by atoms with Crippen molar-refractivity contribution >= 4 is 22.5 Å². The van der Waals surface area contributed by atoms with Crippen LogP contribution < -0.4 is 5.73 Å². The Morgan fingerprint density at radius 3 is 3.05 bits per heavy atom. The van der Waals surface area contributed by atoms with Crippen LogP contribution >= 0.6 is 11.5 Å². The van der Waals surface area contributed by atoms with Crippen molar-refractivity contribution in [1.29, 1.82) is 0 Å². The number of aryl methyl sites for hydroxylation is 1. The largest absolute Gasteiger partial charge is 0.459 e. The number of benzene rings is 1. The molecular formula is C13H12FN3OS. The summed E-state index contributed by atoms with van der Waals surface area (Å²) in [6.45, 7) is 2.00. The third-order valence-corrected chi connectivity index (χ3v) is 3.86. The van der Waals surface area contributed by atoms with Crippen LogP contribution in [0.1, 0.15) is 29.3 Å². The van der Waals surface area contributed by atoms with Crippen LogP contribution in [-0.2, 0) is 6.42 Å². The molecule has 0 aliphatic heterocycles. The van der Waals surface area contributed by atoms with Crippen molar-refractivity contribution in [2.75, 3.05) is 0 Å². The summed E-state index contributed by atoms with van der Waals surface area (Å²) in [5, 5.41) is 4.75. The number of halogens is 1. The second-order valence-corrected chi connectivity index (χ2v) is 5.03. The molecule has 3 rings (SSSR count). The minimum atomic E-state index is -0.412. The summed E-state index contributed by atoms with van der Waals surface area (Å²) in [5.41, 5.74) is 7.69. The van der Waals surface area contributed by atoms with Crippen LogP contribution in [0.2, 0.25) is 0 Å². The van der Waals surface area contributed by atoms with Crippen molar-refractivity contribution in [3.8, 4) is 0 Å². The van der Waals surface area contributed by atoms with Crippen LogP contribution in [0.25, 0.3) is 11.0 Å². The van der Waals surface area contributed by atoms with Crippen molar-refractivity contribution < 1.29 is 8.81 Å². The normalized spacial score (nSPS) is 13.0. The predicted octanol–water partition coefficient (Wildman–Crippen LogP) is 3.03. The first-order chi connectivity index (χ1) is 9.19. The Morgan fingerprint density at radius 2 is 2.26 bits per heavy atom.